The van der Waals surface area contributed by atoms with E-state index in [-0.39, 0.29) is 23.9 Å². The first-order valence-corrected chi connectivity index (χ1v) is 31.8. The summed E-state index contributed by atoms with van der Waals surface area (Å²) in [4.78, 5) is 48.6. The number of amides is 2. The predicted octanol–water partition coefficient (Wildman–Crippen LogP) is 8.27. The van der Waals surface area contributed by atoms with Crippen molar-refractivity contribution in [2.75, 3.05) is 138 Å². The van der Waals surface area contributed by atoms with Gasteiger partial charge in [0.2, 0.25) is 31.9 Å². The number of ether oxygens (including phenoxy) is 2. The van der Waals surface area contributed by atoms with Crippen LogP contribution in [0.2, 0.25) is 10.0 Å². The van der Waals surface area contributed by atoms with Crippen molar-refractivity contribution >= 4 is 121 Å². The number of sulfonamides is 2. The van der Waals surface area contributed by atoms with Gasteiger partial charge in [-0.2, -0.15) is 8.61 Å². The second kappa shape index (κ2) is 25.4. The van der Waals surface area contributed by atoms with Crippen LogP contribution in [-0.2, 0) is 29.6 Å². The van der Waals surface area contributed by atoms with E-state index < -0.39 is 20.0 Å². The number of hydrogen-bond acceptors (Lipinski definition) is 12. The number of piperazine rings is 4. The molecule has 24 heteroatoms. The van der Waals surface area contributed by atoms with Crippen LogP contribution >= 0.6 is 23.2 Å². The van der Waals surface area contributed by atoms with E-state index in [0.717, 1.165) is 112 Å². The summed E-state index contributed by atoms with van der Waals surface area (Å²) in [6.45, 7) is 17.2. The van der Waals surface area contributed by atoms with E-state index in [2.05, 4.69) is 64.7 Å². The van der Waals surface area contributed by atoms with Crippen molar-refractivity contribution in [1.82, 2.24) is 38.3 Å². The largest absolute Gasteiger partial charge is 0.497 e. The maximum absolute atomic E-state index is 11.7. The number of aromatic nitrogens is 4. The molecule has 20 nitrogen and oxygen atoms in total. The van der Waals surface area contributed by atoms with E-state index in [1.54, 1.807) is 32.4 Å². The number of rotatable bonds is 8. The minimum Gasteiger partial charge on any atom is -0.497 e. The molecule has 0 saturated carbocycles. The molecule has 4 aromatic carbocycles. The summed E-state index contributed by atoms with van der Waals surface area (Å²) in [5.41, 5.74) is 8.60. The Morgan fingerprint density at radius 3 is 1.22 bits per heavy atom. The number of nitrogens with one attached hydrogen (secondary N) is 4. The van der Waals surface area contributed by atoms with Crippen LogP contribution in [0.3, 0.4) is 0 Å². The van der Waals surface area contributed by atoms with Crippen molar-refractivity contribution in [3.05, 3.63) is 108 Å². The predicted molar refractivity (Wildman–Crippen MR) is 332 cm³/mol. The van der Waals surface area contributed by atoms with Gasteiger partial charge in [-0.1, -0.05) is 23.2 Å². The van der Waals surface area contributed by atoms with E-state index in [1.807, 2.05) is 96.1 Å². The van der Waals surface area contributed by atoms with Gasteiger partial charge in [-0.15, -0.1) is 0 Å². The molecule has 440 valence electrons. The third-order valence-electron chi connectivity index (χ3n) is 15.8. The molecule has 0 spiro atoms. The van der Waals surface area contributed by atoms with Gasteiger partial charge in [-0.3, -0.25) is 9.59 Å². The molecule has 2 atom stereocenters. The van der Waals surface area contributed by atoms with Crippen LogP contribution in [0.1, 0.15) is 27.7 Å². The minimum absolute atomic E-state index is 0.0540. The van der Waals surface area contributed by atoms with Crippen LogP contribution in [-0.4, -0.2) is 197 Å². The molecular weight excluding hydrogens is 1130 g/mol. The van der Waals surface area contributed by atoms with Crippen LogP contribution < -0.4 is 29.1 Å². The third-order valence-corrected chi connectivity index (χ3v) is 18.9. The molecule has 2 amide bonds. The lowest BCUT2D eigenvalue weighted by Gasteiger charge is -2.40. The Bertz CT molecular complexity index is 3780. The van der Waals surface area contributed by atoms with Crippen molar-refractivity contribution in [2.24, 2.45) is 0 Å². The van der Waals surface area contributed by atoms with E-state index in [1.165, 1.54) is 33.3 Å². The van der Waals surface area contributed by atoms with Gasteiger partial charge in [-0.25, -0.2) is 16.8 Å². The van der Waals surface area contributed by atoms with E-state index in [9.17, 15) is 26.4 Å². The maximum Gasteiger partial charge on any atom is 0.219 e. The van der Waals surface area contributed by atoms with Crippen LogP contribution in [0.4, 0.5) is 22.7 Å². The number of anilines is 4. The average molecular weight is 1200 g/mol. The molecule has 82 heavy (non-hydrogen) atoms. The monoisotopic (exact) mass is 1200 g/mol. The lowest BCUT2D eigenvalue weighted by molar-refractivity contribution is -0.131. The first-order chi connectivity index (χ1) is 39.1. The van der Waals surface area contributed by atoms with Gasteiger partial charge in [0.05, 0.1) is 37.8 Å². The Labute approximate surface area is 489 Å². The summed E-state index contributed by atoms with van der Waals surface area (Å²) in [5, 5.41) is 6.03. The van der Waals surface area contributed by atoms with Crippen molar-refractivity contribution in [2.45, 2.75) is 39.8 Å². The van der Waals surface area contributed by atoms with Crippen molar-refractivity contribution in [3.8, 4) is 11.5 Å². The van der Waals surface area contributed by atoms with Crippen LogP contribution in [0.15, 0.2) is 97.6 Å². The van der Waals surface area contributed by atoms with E-state index in [0.29, 0.717) is 50.8 Å². The number of nitrogens with zero attached hydrogens (tertiary/aromatic N) is 8. The quantitative estimate of drug-likeness (QED) is 0.113. The number of carbonyl (C=O) groups is 2. The van der Waals surface area contributed by atoms with E-state index in [4.69, 9.17) is 32.7 Å². The van der Waals surface area contributed by atoms with Gasteiger partial charge >= 0.3 is 0 Å². The van der Waals surface area contributed by atoms with Gasteiger partial charge < -0.3 is 58.8 Å². The summed E-state index contributed by atoms with van der Waals surface area (Å²) in [6, 6.07) is 24.2. The highest BCUT2D eigenvalue weighted by atomic mass is 35.5. The molecule has 4 aromatic heterocycles. The number of carbonyl (C=O) groups excluding carboxylic acids is 2. The Balaban J connectivity index is 0.000000132. The number of aromatic amines is 4. The van der Waals surface area contributed by atoms with Gasteiger partial charge in [0.25, 0.3) is 0 Å². The Morgan fingerprint density at radius 1 is 0.476 bits per heavy atom. The molecule has 2 unspecified atom stereocenters. The average Bonchev–Trinajstić information content (AvgIpc) is 4.48. The Hall–Kier alpha value is -6.82. The van der Waals surface area contributed by atoms with Crippen molar-refractivity contribution < 1.29 is 35.9 Å². The summed E-state index contributed by atoms with van der Waals surface area (Å²) in [5.74, 6) is 1.95. The lowest BCUT2D eigenvalue weighted by Crippen LogP contribution is -2.53. The standard InChI is InChI=1S/C15H18ClN3O.C15H19N3O2.C14H18ClN3O2S.C14H19N3O3S/c1-10-9-18(5-6-19(10)11(2)20)15-8-12(16)7-14-13(15)3-4-17-14;1-11(19)17-5-7-18(8-6-17)15-10-12(20-2)9-14-13(15)3-4-16-14;1-10-9-17(5-6-18(10)21(2,19)20)14-8-11(15)7-13-12(14)3-4-16-13;1-20-11-9-13-12(3-4-15-13)14(10-11)16-5-7-17(8-6-16)21(2,18)19/h3-4,7-8,10,17H,5-6,9H2,1-2H3;3-4,9-10,16H,5-8H2,1-2H3;3-4,7-8,10,16H,5-6,9H2,1-2H3;3-4,9-10,15H,5-8H2,1-2H3. The van der Waals surface area contributed by atoms with Gasteiger partial charge in [0.1, 0.15) is 11.5 Å². The molecule has 4 saturated heterocycles. The summed E-state index contributed by atoms with van der Waals surface area (Å²) < 4.78 is 60.5. The lowest BCUT2D eigenvalue weighted by atomic mass is 10.1. The van der Waals surface area contributed by atoms with E-state index >= 15 is 0 Å². The summed E-state index contributed by atoms with van der Waals surface area (Å²) in [6.07, 6.45) is 10.2. The molecule has 4 aliphatic rings. The fraction of sp³-hybridized carbons (Fsp3) is 0.414. The van der Waals surface area contributed by atoms with Gasteiger partial charge in [-0.05, 0) is 62.4 Å². The Morgan fingerprint density at radius 2 is 0.854 bits per heavy atom. The highest BCUT2D eigenvalue weighted by Crippen LogP contribution is 2.36. The molecule has 12 rings (SSSR count). The highest BCUT2D eigenvalue weighted by molar-refractivity contribution is 7.88. The van der Waals surface area contributed by atoms with Crippen LogP contribution in [0, 0.1) is 0 Å². The third kappa shape index (κ3) is 13.6. The molecule has 0 radical (unpaired) electrons. The molecule has 0 aliphatic carbocycles. The van der Waals surface area contributed by atoms with Crippen LogP contribution in [0.25, 0.3) is 43.6 Å². The fourth-order valence-electron chi connectivity index (χ4n) is 11.6. The number of benzene rings is 4. The van der Waals surface area contributed by atoms with Crippen molar-refractivity contribution in [1.29, 1.82) is 0 Å². The Kier molecular flexibility index (Phi) is 18.5. The zero-order valence-corrected chi connectivity index (χ0v) is 50.9. The minimum atomic E-state index is -3.15. The first-order valence-electron chi connectivity index (χ1n) is 27.4. The molecule has 4 N–H and O–H groups in total. The zero-order chi connectivity index (χ0) is 58.6. The van der Waals surface area contributed by atoms with Gasteiger partial charge in [0.15, 0.2) is 0 Å². The summed E-state index contributed by atoms with van der Waals surface area (Å²) in [7, 11) is -2.92. The smallest absolute Gasteiger partial charge is 0.219 e. The van der Waals surface area contributed by atoms with Crippen molar-refractivity contribution in [3.63, 3.8) is 0 Å². The molecular formula is C58H74Cl2N12O8S2. The second-order valence-electron chi connectivity index (χ2n) is 21.2. The number of fused-ring (bicyclic) bond motifs is 4. The molecule has 0 bridgehead atoms. The summed E-state index contributed by atoms with van der Waals surface area (Å²) >= 11 is 12.4. The first kappa shape index (κ1) is 59.8. The number of H-pyrrole nitrogens is 4. The number of methoxy groups -OCH3 is 2. The molecule has 4 aliphatic heterocycles. The topological polar surface area (TPSA) is 210 Å². The SMILES string of the molecule is CC(=O)N1CCN(c2cc(Cl)cc3[nH]ccc23)CC1C.CC1CN(c2cc(Cl)cc3[nH]ccc23)CCN1S(C)(=O)=O.COc1cc(N2CCN(C(C)=O)CC2)c2cc[nH]c2c1.COc1cc(N2CCN(S(C)(=O)=O)CC2)c2cc[nH]c2c1. The fourth-order valence-corrected chi connectivity index (χ4v) is 14.0. The zero-order valence-electron chi connectivity index (χ0n) is 47.7. The molecule has 8 heterocycles. The molecule has 4 fully saturated rings. The highest BCUT2D eigenvalue weighted by Gasteiger charge is 2.32. The second-order valence-corrected chi connectivity index (χ2v) is 26.0. The maximum atomic E-state index is 11.7. The van der Waals surface area contributed by atoms with Crippen LogP contribution in [0.5, 0.6) is 11.5 Å². The molecule has 8 aromatic rings. The van der Waals surface area contributed by atoms with Gasteiger partial charge in [0, 0.05) is 232 Å². The normalized spacial score (nSPS) is 18.5. The number of hydrogen-bond donors (Lipinski definition) is 4. The number of halogens is 2.